The lowest BCUT2D eigenvalue weighted by molar-refractivity contribution is -0.153. The summed E-state index contributed by atoms with van der Waals surface area (Å²) >= 11 is 0. The normalized spacial score (nSPS) is 22.8. The molecule has 0 spiro atoms. The fraction of sp³-hybridized carbons (Fsp3) is 0.438. The number of nitrogens with one attached hydrogen (secondary N) is 1. The van der Waals surface area contributed by atoms with E-state index >= 15 is 0 Å². The second-order valence-electron chi connectivity index (χ2n) is 5.35. The number of rotatable bonds is 5. The summed E-state index contributed by atoms with van der Waals surface area (Å²) in [4.78, 5) is 35.4. The molecule has 2 rings (SSSR count). The van der Waals surface area contributed by atoms with Gasteiger partial charge in [0.25, 0.3) is 0 Å². The van der Waals surface area contributed by atoms with Crippen molar-refractivity contribution < 1.29 is 23.9 Å². The van der Waals surface area contributed by atoms with Crippen LogP contribution in [0.3, 0.4) is 0 Å². The van der Waals surface area contributed by atoms with Gasteiger partial charge in [0.1, 0.15) is 6.10 Å². The molecule has 4 atom stereocenters. The molecule has 0 aliphatic carbocycles. The fourth-order valence-electron chi connectivity index (χ4n) is 2.58. The Labute approximate surface area is 128 Å². The summed E-state index contributed by atoms with van der Waals surface area (Å²) < 4.78 is 10.0. The fourth-order valence-corrected chi connectivity index (χ4v) is 2.58. The van der Waals surface area contributed by atoms with E-state index in [1.165, 1.54) is 7.11 Å². The van der Waals surface area contributed by atoms with Crippen molar-refractivity contribution >= 4 is 17.8 Å². The van der Waals surface area contributed by atoms with E-state index in [1.807, 2.05) is 0 Å². The second-order valence-corrected chi connectivity index (χ2v) is 5.35. The summed E-state index contributed by atoms with van der Waals surface area (Å²) in [6.07, 6.45) is -0.626. The molecule has 1 aliphatic heterocycles. The van der Waals surface area contributed by atoms with Crippen LogP contribution in [0, 0.1) is 11.8 Å². The highest BCUT2D eigenvalue weighted by Gasteiger charge is 2.49. The van der Waals surface area contributed by atoms with Gasteiger partial charge in [0.2, 0.25) is 5.91 Å². The molecular formula is C16H19NO5. The van der Waals surface area contributed by atoms with E-state index < -0.39 is 35.9 Å². The van der Waals surface area contributed by atoms with Crippen molar-refractivity contribution in [2.24, 2.45) is 11.8 Å². The maximum atomic E-state index is 12.0. The predicted octanol–water partition coefficient (Wildman–Crippen LogP) is 1.16. The van der Waals surface area contributed by atoms with Crippen LogP contribution in [0.25, 0.3) is 0 Å². The lowest BCUT2D eigenvalue weighted by atomic mass is 9.79. The van der Waals surface area contributed by atoms with Gasteiger partial charge in [-0.1, -0.05) is 18.2 Å². The van der Waals surface area contributed by atoms with E-state index in [9.17, 15) is 14.4 Å². The Bertz CT molecular complexity index is 571. The van der Waals surface area contributed by atoms with Crippen molar-refractivity contribution in [1.29, 1.82) is 0 Å². The highest BCUT2D eigenvalue weighted by Crippen LogP contribution is 2.28. The van der Waals surface area contributed by atoms with Crippen molar-refractivity contribution in [3.8, 4) is 0 Å². The summed E-state index contributed by atoms with van der Waals surface area (Å²) in [5.74, 6) is -2.17. The van der Waals surface area contributed by atoms with Crippen LogP contribution in [0.15, 0.2) is 30.3 Å². The third kappa shape index (κ3) is 3.10. The van der Waals surface area contributed by atoms with Crippen molar-refractivity contribution in [2.75, 3.05) is 7.11 Å². The van der Waals surface area contributed by atoms with Crippen LogP contribution in [0.2, 0.25) is 0 Å². The van der Waals surface area contributed by atoms with Crippen LogP contribution >= 0.6 is 0 Å². The van der Waals surface area contributed by atoms with Crippen LogP contribution in [-0.4, -0.2) is 37.1 Å². The largest absolute Gasteiger partial charge is 0.469 e. The molecule has 6 nitrogen and oxygen atoms in total. The molecule has 1 fully saturated rings. The van der Waals surface area contributed by atoms with E-state index in [2.05, 4.69) is 10.1 Å². The Kier molecular flexibility index (Phi) is 4.80. The van der Waals surface area contributed by atoms with Gasteiger partial charge in [-0.05, 0) is 26.0 Å². The van der Waals surface area contributed by atoms with Gasteiger partial charge < -0.3 is 14.8 Å². The summed E-state index contributed by atoms with van der Waals surface area (Å²) in [5, 5.41) is 2.67. The highest BCUT2D eigenvalue weighted by molar-refractivity contribution is 5.91. The number of methoxy groups -OCH3 is 1. The third-order valence-electron chi connectivity index (χ3n) is 3.92. The van der Waals surface area contributed by atoms with Crippen LogP contribution in [-0.2, 0) is 19.1 Å². The van der Waals surface area contributed by atoms with Gasteiger partial charge >= 0.3 is 11.9 Å². The number of carbonyl (C=O) groups is 3. The molecule has 1 heterocycles. The summed E-state index contributed by atoms with van der Waals surface area (Å²) in [6, 6.07) is 8.17. The molecule has 1 saturated heterocycles. The molecular weight excluding hydrogens is 286 g/mol. The van der Waals surface area contributed by atoms with Crippen molar-refractivity contribution in [3.63, 3.8) is 0 Å². The molecule has 1 amide bonds. The van der Waals surface area contributed by atoms with Crippen molar-refractivity contribution in [2.45, 2.75) is 26.0 Å². The first-order chi connectivity index (χ1) is 10.5. The number of amides is 1. The van der Waals surface area contributed by atoms with Gasteiger partial charge in [-0.15, -0.1) is 0 Å². The smallest absolute Gasteiger partial charge is 0.338 e. The third-order valence-corrected chi connectivity index (χ3v) is 3.92. The number of ether oxygens (including phenoxy) is 2. The molecule has 1 aromatic carbocycles. The molecule has 6 heteroatoms. The second kappa shape index (κ2) is 6.60. The molecule has 1 aliphatic rings. The first kappa shape index (κ1) is 16.0. The van der Waals surface area contributed by atoms with Crippen LogP contribution in [0.5, 0.6) is 0 Å². The zero-order chi connectivity index (χ0) is 16.3. The van der Waals surface area contributed by atoms with E-state index in [4.69, 9.17) is 4.74 Å². The first-order valence-electron chi connectivity index (χ1n) is 7.10. The minimum absolute atomic E-state index is 0.228. The number of hydrogen-bond acceptors (Lipinski definition) is 5. The van der Waals surface area contributed by atoms with E-state index in [0.717, 1.165) is 0 Å². The molecule has 0 unspecified atom stereocenters. The van der Waals surface area contributed by atoms with Crippen molar-refractivity contribution in [1.82, 2.24) is 5.32 Å². The Morgan fingerprint density at radius 3 is 2.36 bits per heavy atom. The maximum absolute atomic E-state index is 12.0. The lowest BCUT2D eigenvalue weighted by Gasteiger charge is -2.41. The van der Waals surface area contributed by atoms with E-state index in [-0.39, 0.29) is 5.91 Å². The Hall–Kier alpha value is -2.37. The molecule has 22 heavy (non-hydrogen) atoms. The number of carbonyl (C=O) groups excluding carboxylic acids is 3. The van der Waals surface area contributed by atoms with Gasteiger partial charge in [-0.25, -0.2) is 4.79 Å². The van der Waals surface area contributed by atoms with Gasteiger partial charge in [0.05, 0.1) is 30.6 Å². The maximum Gasteiger partial charge on any atom is 0.338 e. The van der Waals surface area contributed by atoms with Crippen LogP contribution < -0.4 is 5.32 Å². The molecule has 0 radical (unpaired) electrons. The SMILES string of the molecule is COC(=O)[C@H](C)[C@H]1NC(=O)[C@@H]1[C@H](C)OC(=O)c1ccccc1. The van der Waals surface area contributed by atoms with Gasteiger partial charge in [0, 0.05) is 0 Å². The van der Waals surface area contributed by atoms with Crippen molar-refractivity contribution in [3.05, 3.63) is 35.9 Å². The first-order valence-corrected chi connectivity index (χ1v) is 7.10. The highest BCUT2D eigenvalue weighted by atomic mass is 16.5. The average Bonchev–Trinajstić information content (AvgIpc) is 2.51. The van der Waals surface area contributed by atoms with Gasteiger partial charge in [-0.3, -0.25) is 9.59 Å². The Morgan fingerprint density at radius 2 is 1.82 bits per heavy atom. The Morgan fingerprint density at radius 1 is 1.18 bits per heavy atom. The topological polar surface area (TPSA) is 81.7 Å². The molecule has 118 valence electrons. The number of benzene rings is 1. The van der Waals surface area contributed by atoms with E-state index in [0.29, 0.717) is 5.56 Å². The average molecular weight is 305 g/mol. The van der Waals surface area contributed by atoms with Gasteiger partial charge in [0.15, 0.2) is 0 Å². The molecule has 0 saturated carbocycles. The quantitative estimate of drug-likeness (QED) is 0.652. The molecule has 1 N–H and O–H groups in total. The summed E-state index contributed by atoms with van der Waals surface area (Å²) in [7, 11) is 1.30. The summed E-state index contributed by atoms with van der Waals surface area (Å²) in [5.41, 5.74) is 0.423. The zero-order valence-electron chi connectivity index (χ0n) is 12.7. The Balaban J connectivity index is 2.02. The standard InChI is InChI=1S/C16H19NO5/c1-9(15(19)21-3)13-12(14(18)17-13)10(2)22-16(20)11-7-5-4-6-8-11/h4-10,12-13H,1-3H3,(H,17,18)/t9-,10+,12-,13-/m1/s1. The lowest BCUT2D eigenvalue weighted by Crippen LogP contribution is -2.65. The monoisotopic (exact) mass is 305 g/mol. The number of esters is 2. The van der Waals surface area contributed by atoms with Crippen LogP contribution in [0.1, 0.15) is 24.2 Å². The minimum Gasteiger partial charge on any atom is -0.469 e. The zero-order valence-corrected chi connectivity index (χ0v) is 12.7. The summed E-state index contributed by atoms with van der Waals surface area (Å²) in [6.45, 7) is 3.33. The minimum atomic E-state index is -0.626. The molecule has 0 bridgehead atoms. The van der Waals surface area contributed by atoms with E-state index in [1.54, 1.807) is 44.2 Å². The molecule has 1 aromatic rings. The predicted molar refractivity (Wildman–Crippen MR) is 77.9 cm³/mol. The molecule has 0 aromatic heterocycles. The number of hydrogen-bond donors (Lipinski definition) is 1. The van der Waals surface area contributed by atoms with Crippen LogP contribution in [0.4, 0.5) is 0 Å². The van der Waals surface area contributed by atoms with Gasteiger partial charge in [-0.2, -0.15) is 0 Å². The number of β-lactam (4-membered cyclic amide) rings is 1.